The molecule has 7 nitrogen and oxygen atoms in total. The normalized spacial score (nSPS) is 24.1. The van der Waals surface area contributed by atoms with Gasteiger partial charge < -0.3 is 4.90 Å². The summed E-state index contributed by atoms with van der Waals surface area (Å²) in [5.41, 5.74) is 0.230. The Morgan fingerprint density at radius 1 is 1.07 bits per heavy atom. The van der Waals surface area contributed by atoms with E-state index in [1.54, 1.807) is 11.0 Å². The van der Waals surface area contributed by atoms with Gasteiger partial charge in [-0.25, -0.2) is 8.42 Å². The molecule has 2 aliphatic heterocycles. The number of benzene rings is 2. The molecule has 0 spiro atoms. The van der Waals surface area contributed by atoms with Gasteiger partial charge in [0.1, 0.15) is 0 Å². The highest BCUT2D eigenvalue weighted by Crippen LogP contribution is 2.43. The molecule has 42 heavy (non-hydrogen) atoms. The van der Waals surface area contributed by atoms with Gasteiger partial charge in [-0.3, -0.25) is 9.48 Å². The molecule has 3 heterocycles. The topological polar surface area (TPSA) is 75.5 Å². The minimum Gasteiger partial charge on any atom is -0.335 e. The monoisotopic (exact) mass is 662 g/mol. The fraction of sp³-hybridized carbons (Fsp3) is 0.548. The average molecular weight is 664 g/mol. The van der Waals surface area contributed by atoms with Gasteiger partial charge >= 0.3 is 0 Å². The van der Waals surface area contributed by atoms with E-state index in [9.17, 15) is 13.2 Å². The molecule has 0 N–H and O–H groups in total. The molecule has 3 aliphatic rings. The third kappa shape index (κ3) is 5.41. The highest BCUT2D eigenvalue weighted by Gasteiger charge is 2.56. The van der Waals surface area contributed by atoms with E-state index in [-0.39, 0.29) is 17.0 Å². The number of piperidine rings is 1. The Hall–Kier alpha value is -2.37. The second-order valence-electron chi connectivity index (χ2n) is 12.5. The van der Waals surface area contributed by atoms with Crippen molar-refractivity contribution in [3.63, 3.8) is 0 Å². The Balaban J connectivity index is 1.36. The lowest BCUT2D eigenvalue weighted by atomic mass is 9.90. The Bertz CT molecular complexity index is 1560. The first-order valence-corrected chi connectivity index (χ1v) is 17.1. The van der Waals surface area contributed by atoms with Crippen LogP contribution in [0.15, 0.2) is 58.0 Å². The molecule has 2 aromatic carbocycles. The molecule has 0 radical (unpaired) electrons. The average Bonchev–Trinajstić information content (AvgIpc) is 3.66. The number of likely N-dealkylation sites (N-methyl/N-ethyl adjacent to an activating group) is 1. The van der Waals surface area contributed by atoms with Gasteiger partial charge in [-0.1, -0.05) is 47.8 Å². The standard InChI is InChI=1S/C31H37BrF2N4O3S/c1-20-15-25-11-12-26(16-20)38(25)30(39)29(31(33,34)23-7-9-24(32)10-8-23)36(2)42(40,41)27-13-14-28-22(17-27)19-37(35-28)18-21-5-3-4-6-21/h7-10,13-14,17,19-21,25-26,29H,3-6,11-12,15-16,18H2,1-2H3. The SMILES string of the molecule is CC1CC2CCC(C1)N2C(=O)C(N(C)S(=O)(=O)c1ccc2nn(CC3CCCC3)cc2c1)C(F)(F)c1ccc(Br)cc1. The minimum absolute atomic E-state index is 0.141. The van der Waals surface area contributed by atoms with Crippen molar-refractivity contribution in [2.75, 3.05) is 7.05 Å². The molecule has 1 aromatic heterocycles. The summed E-state index contributed by atoms with van der Waals surface area (Å²) in [5.74, 6) is -3.67. The first-order chi connectivity index (χ1) is 19.9. The van der Waals surface area contributed by atoms with Gasteiger partial charge in [-0.05, 0) is 80.7 Å². The van der Waals surface area contributed by atoms with Crippen LogP contribution >= 0.6 is 15.9 Å². The van der Waals surface area contributed by atoms with E-state index in [4.69, 9.17) is 0 Å². The van der Waals surface area contributed by atoms with Crippen molar-refractivity contribution in [3.05, 3.63) is 58.7 Å². The molecule has 3 unspecified atom stereocenters. The van der Waals surface area contributed by atoms with E-state index >= 15 is 8.78 Å². The highest BCUT2D eigenvalue weighted by atomic mass is 79.9. The number of amides is 1. The summed E-state index contributed by atoms with van der Waals surface area (Å²) in [5, 5.41) is 5.23. The quantitative estimate of drug-likeness (QED) is 0.274. The van der Waals surface area contributed by atoms with Crippen LogP contribution in [0.2, 0.25) is 0 Å². The molecule has 2 saturated heterocycles. The molecule has 226 valence electrons. The third-order valence-electron chi connectivity index (χ3n) is 9.51. The number of alkyl halides is 2. The van der Waals surface area contributed by atoms with Crippen LogP contribution in [-0.2, 0) is 27.3 Å². The predicted octanol–water partition coefficient (Wildman–Crippen LogP) is 6.56. The van der Waals surface area contributed by atoms with Crippen molar-refractivity contribution in [1.29, 1.82) is 0 Å². The molecule has 1 aliphatic carbocycles. The number of hydrogen-bond donors (Lipinski definition) is 0. The Labute approximate surface area is 254 Å². The Kier molecular flexibility index (Phi) is 7.98. The maximum Gasteiger partial charge on any atom is 0.298 e. The fourth-order valence-corrected chi connectivity index (χ4v) is 9.00. The number of sulfonamides is 1. The maximum atomic E-state index is 16.5. The van der Waals surface area contributed by atoms with Crippen molar-refractivity contribution in [1.82, 2.24) is 19.0 Å². The van der Waals surface area contributed by atoms with Gasteiger partial charge in [-0.15, -0.1) is 0 Å². The number of carbonyl (C=O) groups excluding carboxylic acids is 1. The summed E-state index contributed by atoms with van der Waals surface area (Å²) in [4.78, 5) is 15.6. The van der Waals surface area contributed by atoms with Crippen LogP contribution in [0, 0.1) is 11.8 Å². The molecule has 1 saturated carbocycles. The van der Waals surface area contributed by atoms with Gasteiger partial charge in [-0.2, -0.15) is 18.2 Å². The van der Waals surface area contributed by atoms with Crippen molar-refractivity contribution in [2.24, 2.45) is 11.8 Å². The maximum absolute atomic E-state index is 16.5. The first-order valence-electron chi connectivity index (χ1n) is 14.9. The predicted molar refractivity (Wildman–Crippen MR) is 161 cm³/mol. The van der Waals surface area contributed by atoms with Gasteiger partial charge in [0, 0.05) is 47.3 Å². The number of aromatic nitrogens is 2. The van der Waals surface area contributed by atoms with Crippen LogP contribution in [0.5, 0.6) is 0 Å². The largest absolute Gasteiger partial charge is 0.335 e. The van der Waals surface area contributed by atoms with Crippen LogP contribution in [0.25, 0.3) is 10.9 Å². The Morgan fingerprint density at radius 2 is 1.71 bits per heavy atom. The lowest BCUT2D eigenvalue weighted by Gasteiger charge is -2.42. The smallest absolute Gasteiger partial charge is 0.298 e. The van der Waals surface area contributed by atoms with Crippen molar-refractivity contribution in [2.45, 2.75) is 93.8 Å². The van der Waals surface area contributed by atoms with Gasteiger partial charge in [0.05, 0.1) is 10.4 Å². The van der Waals surface area contributed by atoms with E-state index in [0.29, 0.717) is 31.5 Å². The molecule has 6 rings (SSSR count). The van der Waals surface area contributed by atoms with Gasteiger partial charge in [0.2, 0.25) is 15.9 Å². The van der Waals surface area contributed by atoms with Crippen molar-refractivity contribution >= 4 is 42.8 Å². The van der Waals surface area contributed by atoms with Crippen molar-refractivity contribution in [3.8, 4) is 0 Å². The Morgan fingerprint density at radius 3 is 2.36 bits per heavy atom. The summed E-state index contributed by atoms with van der Waals surface area (Å²) in [7, 11) is -3.39. The zero-order chi connectivity index (χ0) is 29.8. The summed E-state index contributed by atoms with van der Waals surface area (Å²) < 4.78 is 64.1. The number of carbonyl (C=O) groups is 1. The van der Waals surface area contributed by atoms with E-state index in [0.717, 1.165) is 52.1 Å². The zero-order valence-electron chi connectivity index (χ0n) is 23.9. The molecule has 3 aromatic rings. The lowest BCUT2D eigenvalue weighted by molar-refractivity contribution is -0.155. The van der Waals surface area contributed by atoms with Crippen LogP contribution in [0.1, 0.15) is 63.9 Å². The molecule has 3 atom stereocenters. The molecular formula is C31H37BrF2N4O3S. The second-order valence-corrected chi connectivity index (χ2v) is 15.4. The second kappa shape index (κ2) is 11.3. The first kappa shape index (κ1) is 29.7. The molecule has 11 heteroatoms. The highest BCUT2D eigenvalue weighted by molar-refractivity contribution is 9.10. The lowest BCUT2D eigenvalue weighted by Crippen LogP contribution is -2.60. The van der Waals surface area contributed by atoms with Crippen LogP contribution in [0.4, 0.5) is 8.78 Å². The third-order valence-corrected chi connectivity index (χ3v) is 11.9. The molecule has 3 fully saturated rings. The molecular weight excluding hydrogens is 626 g/mol. The molecule has 1 amide bonds. The number of rotatable bonds is 8. The van der Waals surface area contributed by atoms with Gasteiger partial charge in [0.25, 0.3) is 5.92 Å². The van der Waals surface area contributed by atoms with Crippen molar-refractivity contribution < 1.29 is 22.0 Å². The van der Waals surface area contributed by atoms with E-state index in [1.165, 1.54) is 49.2 Å². The number of nitrogens with zero attached hydrogens (tertiary/aromatic N) is 4. The van der Waals surface area contributed by atoms with E-state index in [2.05, 4.69) is 28.0 Å². The van der Waals surface area contributed by atoms with Crippen LogP contribution in [-0.4, -0.2) is 58.5 Å². The number of halogens is 3. The summed E-state index contributed by atoms with van der Waals surface area (Å²) in [6.07, 6.45) is 9.50. The van der Waals surface area contributed by atoms with E-state index in [1.807, 2.05) is 10.9 Å². The number of hydrogen-bond acceptors (Lipinski definition) is 4. The minimum atomic E-state index is -4.49. The van der Waals surface area contributed by atoms with E-state index < -0.39 is 33.5 Å². The summed E-state index contributed by atoms with van der Waals surface area (Å²) in [6, 6.07) is 7.35. The molecule has 2 bridgehead atoms. The van der Waals surface area contributed by atoms with Gasteiger partial charge in [0.15, 0.2) is 6.04 Å². The summed E-state index contributed by atoms with van der Waals surface area (Å²) >= 11 is 3.27. The van der Waals surface area contributed by atoms with Crippen LogP contribution < -0.4 is 0 Å². The fourth-order valence-electron chi connectivity index (χ4n) is 7.39. The number of fused-ring (bicyclic) bond motifs is 3. The van der Waals surface area contributed by atoms with Crippen LogP contribution in [0.3, 0.4) is 0 Å². The summed E-state index contributed by atoms with van der Waals surface area (Å²) in [6.45, 7) is 2.88. The zero-order valence-corrected chi connectivity index (χ0v) is 26.3.